The second kappa shape index (κ2) is 2.43. The molecule has 1 fully saturated rings. The van der Waals surface area contributed by atoms with E-state index in [4.69, 9.17) is 0 Å². The molecule has 0 saturated carbocycles. The summed E-state index contributed by atoms with van der Waals surface area (Å²) in [5.41, 5.74) is 0. The Hall–Kier alpha value is 0.110. The minimum absolute atomic E-state index is 0. The lowest BCUT2D eigenvalue weighted by atomic mass is 10.2. The summed E-state index contributed by atoms with van der Waals surface area (Å²) in [6.07, 6.45) is -0.907. The van der Waals surface area contributed by atoms with Crippen molar-refractivity contribution in [3.05, 3.63) is 0 Å². The highest BCUT2D eigenvalue weighted by molar-refractivity contribution is 5.85. The molecule has 1 aliphatic rings. The molecule has 1 saturated heterocycles. The second-order valence-corrected chi connectivity index (χ2v) is 1.43. The SMILES string of the molecule is Cl.FC1CN(F)C1. The van der Waals surface area contributed by atoms with Crippen LogP contribution in [0.4, 0.5) is 8.87 Å². The molecule has 0 bridgehead atoms. The van der Waals surface area contributed by atoms with Gasteiger partial charge in [0.2, 0.25) is 0 Å². The molecule has 0 aromatic carbocycles. The van der Waals surface area contributed by atoms with Crippen LogP contribution in [0.5, 0.6) is 0 Å². The van der Waals surface area contributed by atoms with Crippen molar-refractivity contribution in [1.82, 2.24) is 5.12 Å². The summed E-state index contributed by atoms with van der Waals surface area (Å²) in [7, 11) is 0. The molecule has 0 N–H and O–H groups in total. The number of hydrogen-bond donors (Lipinski definition) is 0. The summed E-state index contributed by atoms with van der Waals surface area (Å²) in [6, 6.07) is 0. The molecule has 0 aromatic rings. The van der Waals surface area contributed by atoms with E-state index in [9.17, 15) is 8.87 Å². The molecule has 7 heavy (non-hydrogen) atoms. The Morgan fingerprint density at radius 1 is 1.43 bits per heavy atom. The molecule has 0 unspecified atom stereocenters. The molecule has 4 heteroatoms. The lowest BCUT2D eigenvalue weighted by molar-refractivity contribution is -0.0870. The van der Waals surface area contributed by atoms with Gasteiger partial charge in [0, 0.05) is 0 Å². The zero-order valence-corrected chi connectivity index (χ0v) is 4.42. The molecule has 1 aliphatic heterocycles. The van der Waals surface area contributed by atoms with E-state index in [0.717, 1.165) is 0 Å². The van der Waals surface area contributed by atoms with Gasteiger partial charge < -0.3 is 0 Å². The maximum atomic E-state index is 11.5. The summed E-state index contributed by atoms with van der Waals surface area (Å²) < 4.78 is 22.8. The zero-order valence-electron chi connectivity index (χ0n) is 3.60. The maximum Gasteiger partial charge on any atom is 0.131 e. The number of hydrogen-bond acceptors (Lipinski definition) is 1. The zero-order chi connectivity index (χ0) is 4.57. The maximum absolute atomic E-state index is 11.5. The molecule has 1 nitrogen and oxygen atoms in total. The van der Waals surface area contributed by atoms with E-state index >= 15 is 0 Å². The number of nitrogens with zero attached hydrogens (tertiary/aromatic N) is 1. The highest BCUT2D eigenvalue weighted by atomic mass is 35.5. The van der Waals surface area contributed by atoms with Crippen LogP contribution in [0.1, 0.15) is 0 Å². The van der Waals surface area contributed by atoms with Gasteiger partial charge in [-0.05, 0) is 0 Å². The lowest BCUT2D eigenvalue weighted by Crippen LogP contribution is -2.42. The average Bonchev–Trinajstić information content (AvgIpc) is 1.33. The predicted molar refractivity (Wildman–Crippen MR) is 24.8 cm³/mol. The van der Waals surface area contributed by atoms with Crippen molar-refractivity contribution in [1.29, 1.82) is 0 Å². The Labute approximate surface area is 46.6 Å². The van der Waals surface area contributed by atoms with E-state index in [1.54, 1.807) is 0 Å². The van der Waals surface area contributed by atoms with Crippen molar-refractivity contribution in [2.45, 2.75) is 6.17 Å². The summed E-state index contributed by atoms with van der Waals surface area (Å²) >= 11 is 0. The highest BCUT2D eigenvalue weighted by Crippen LogP contribution is 2.09. The Kier molecular flexibility index (Phi) is 2.46. The first-order chi connectivity index (χ1) is 2.79. The van der Waals surface area contributed by atoms with Gasteiger partial charge in [-0.15, -0.1) is 22.0 Å². The van der Waals surface area contributed by atoms with Crippen LogP contribution in [0.3, 0.4) is 0 Å². The molecule has 0 amide bonds. The van der Waals surface area contributed by atoms with E-state index in [0.29, 0.717) is 5.12 Å². The second-order valence-electron chi connectivity index (χ2n) is 1.43. The van der Waals surface area contributed by atoms with E-state index in [1.165, 1.54) is 0 Å². The molecule has 0 spiro atoms. The Morgan fingerprint density at radius 3 is 1.86 bits per heavy atom. The van der Waals surface area contributed by atoms with Gasteiger partial charge in [-0.25, -0.2) is 4.39 Å². The smallest absolute Gasteiger partial charge is 0.131 e. The van der Waals surface area contributed by atoms with Crippen LogP contribution in [-0.4, -0.2) is 24.4 Å². The molecule has 0 aliphatic carbocycles. The van der Waals surface area contributed by atoms with Gasteiger partial charge in [-0.3, -0.25) is 0 Å². The Bertz CT molecular complexity index is 48.9. The third kappa shape index (κ3) is 1.57. The van der Waals surface area contributed by atoms with Crippen LogP contribution in [0.15, 0.2) is 0 Å². The summed E-state index contributed by atoms with van der Waals surface area (Å²) in [5, 5.41) is 0.449. The first kappa shape index (κ1) is 7.11. The molecule has 0 aromatic heterocycles. The monoisotopic (exact) mass is 129 g/mol. The van der Waals surface area contributed by atoms with E-state index < -0.39 is 6.17 Å². The predicted octanol–water partition coefficient (Wildman–Crippen LogP) is 0.946. The topological polar surface area (TPSA) is 3.24 Å². The number of alkyl halides is 1. The Morgan fingerprint density at radius 2 is 1.86 bits per heavy atom. The molecule has 0 radical (unpaired) electrons. The van der Waals surface area contributed by atoms with Crippen LogP contribution in [0, 0.1) is 0 Å². The van der Waals surface area contributed by atoms with Crippen molar-refractivity contribution < 1.29 is 8.87 Å². The van der Waals surface area contributed by atoms with Gasteiger partial charge in [0.25, 0.3) is 0 Å². The molecule has 0 atom stereocenters. The molecule has 1 heterocycles. The normalized spacial score (nSPS) is 23.1. The van der Waals surface area contributed by atoms with E-state index in [-0.39, 0.29) is 25.5 Å². The summed E-state index contributed by atoms with van der Waals surface area (Å²) in [6.45, 7) is -0.0556. The lowest BCUT2D eigenvalue weighted by Gasteiger charge is -2.24. The van der Waals surface area contributed by atoms with Crippen LogP contribution < -0.4 is 0 Å². The van der Waals surface area contributed by atoms with Crippen molar-refractivity contribution in [3.8, 4) is 0 Å². The van der Waals surface area contributed by atoms with Crippen LogP contribution in [0.25, 0.3) is 0 Å². The van der Waals surface area contributed by atoms with E-state index in [1.807, 2.05) is 0 Å². The van der Waals surface area contributed by atoms with Gasteiger partial charge in [0.05, 0.1) is 13.1 Å². The standard InChI is InChI=1S/C3H5F2N.ClH/c4-3-1-6(5)2-3;/h3H,1-2H2;1H. The fourth-order valence-corrected chi connectivity index (χ4v) is 0.376. The van der Waals surface area contributed by atoms with Gasteiger partial charge in [0.1, 0.15) is 6.17 Å². The average molecular weight is 130 g/mol. The van der Waals surface area contributed by atoms with Crippen molar-refractivity contribution in [2.75, 3.05) is 13.1 Å². The first-order valence-corrected chi connectivity index (χ1v) is 1.84. The first-order valence-electron chi connectivity index (χ1n) is 1.84. The fourth-order valence-electron chi connectivity index (χ4n) is 0.376. The Balaban J connectivity index is 0.000000360. The largest absolute Gasteiger partial charge is 0.244 e. The van der Waals surface area contributed by atoms with Crippen molar-refractivity contribution >= 4 is 12.4 Å². The number of rotatable bonds is 0. The molecule has 1 rings (SSSR count). The molecular formula is C3H6ClF2N. The van der Waals surface area contributed by atoms with Crippen LogP contribution in [0.2, 0.25) is 0 Å². The van der Waals surface area contributed by atoms with Gasteiger partial charge in [-0.1, -0.05) is 0 Å². The van der Waals surface area contributed by atoms with Crippen molar-refractivity contribution in [3.63, 3.8) is 0 Å². The van der Waals surface area contributed by atoms with Gasteiger partial charge in [0.15, 0.2) is 0 Å². The fraction of sp³-hybridized carbons (Fsp3) is 1.00. The highest BCUT2D eigenvalue weighted by Gasteiger charge is 2.25. The minimum Gasteiger partial charge on any atom is -0.244 e. The summed E-state index contributed by atoms with van der Waals surface area (Å²) in [4.78, 5) is 0. The third-order valence-electron chi connectivity index (χ3n) is 0.792. The van der Waals surface area contributed by atoms with Crippen molar-refractivity contribution in [2.24, 2.45) is 0 Å². The third-order valence-corrected chi connectivity index (χ3v) is 0.792. The molecular weight excluding hydrogens is 123 g/mol. The minimum atomic E-state index is -0.907. The summed E-state index contributed by atoms with van der Waals surface area (Å²) in [5.74, 6) is 0. The van der Waals surface area contributed by atoms with Gasteiger partial charge >= 0.3 is 0 Å². The van der Waals surface area contributed by atoms with E-state index in [2.05, 4.69) is 0 Å². The number of halogens is 3. The molecule has 44 valence electrons. The quantitative estimate of drug-likeness (QED) is 0.440. The van der Waals surface area contributed by atoms with Crippen LogP contribution in [-0.2, 0) is 0 Å². The van der Waals surface area contributed by atoms with Crippen LogP contribution >= 0.6 is 12.4 Å². The van der Waals surface area contributed by atoms with Gasteiger partial charge in [-0.2, -0.15) is 0 Å².